The van der Waals surface area contributed by atoms with Crippen LogP contribution in [0.1, 0.15) is 79.9 Å². The number of carbonyl (C=O) groups excluding carboxylic acids is 2. The van der Waals surface area contributed by atoms with Gasteiger partial charge in [0.25, 0.3) is 0 Å². The first kappa shape index (κ1) is 28.4. The van der Waals surface area contributed by atoms with Crippen molar-refractivity contribution >= 4 is 11.9 Å². The summed E-state index contributed by atoms with van der Waals surface area (Å²) in [6.45, 7) is 11.5. The van der Waals surface area contributed by atoms with E-state index in [-0.39, 0.29) is 23.6 Å². The van der Waals surface area contributed by atoms with Crippen molar-refractivity contribution in [1.82, 2.24) is 4.90 Å². The third-order valence-electron chi connectivity index (χ3n) is 7.42. The molecule has 1 aliphatic carbocycles. The van der Waals surface area contributed by atoms with E-state index in [0.717, 1.165) is 36.9 Å². The predicted octanol–water partition coefficient (Wildman–Crippen LogP) is 6.88. The summed E-state index contributed by atoms with van der Waals surface area (Å²) in [5.74, 6) is 0.163. The lowest BCUT2D eigenvalue weighted by molar-refractivity contribution is -0.135. The molecule has 1 aliphatic rings. The van der Waals surface area contributed by atoms with Crippen molar-refractivity contribution in [3.63, 3.8) is 0 Å². The van der Waals surface area contributed by atoms with E-state index in [0.29, 0.717) is 34.7 Å². The summed E-state index contributed by atoms with van der Waals surface area (Å²) in [7, 11) is 0. The number of esters is 2. The van der Waals surface area contributed by atoms with Crippen LogP contribution in [0.4, 0.5) is 0 Å². The molecule has 0 heterocycles. The topological polar surface area (TPSA) is 76.1 Å². The van der Waals surface area contributed by atoms with Gasteiger partial charge in [0.1, 0.15) is 17.2 Å². The molecule has 39 heavy (non-hydrogen) atoms. The molecule has 1 fully saturated rings. The summed E-state index contributed by atoms with van der Waals surface area (Å²) in [4.78, 5) is 27.6. The molecule has 0 unspecified atom stereocenters. The van der Waals surface area contributed by atoms with Gasteiger partial charge in [0.05, 0.1) is 11.5 Å². The van der Waals surface area contributed by atoms with Gasteiger partial charge >= 0.3 is 11.9 Å². The molecule has 1 saturated carbocycles. The number of ether oxygens (including phenoxy) is 2. The number of aromatic hydroxyl groups is 1. The second-order valence-electron chi connectivity index (χ2n) is 10.9. The van der Waals surface area contributed by atoms with Gasteiger partial charge in [-0.3, -0.25) is 9.69 Å². The average molecular weight is 530 g/mol. The first-order valence-electron chi connectivity index (χ1n) is 13.8. The average Bonchev–Trinajstić information content (AvgIpc) is 3.76. The minimum atomic E-state index is -0.515. The Balaban J connectivity index is 1.62. The maximum Gasteiger partial charge on any atom is 0.343 e. The highest BCUT2D eigenvalue weighted by Gasteiger charge is 2.31. The number of benzene rings is 3. The van der Waals surface area contributed by atoms with E-state index < -0.39 is 5.97 Å². The fourth-order valence-electron chi connectivity index (χ4n) is 5.10. The number of phenolic OH excluding ortho intramolecular Hbond substituents is 1. The van der Waals surface area contributed by atoms with Crippen molar-refractivity contribution < 1.29 is 24.2 Å². The molecule has 206 valence electrons. The Hall–Kier alpha value is -3.64. The van der Waals surface area contributed by atoms with Crippen molar-refractivity contribution in [1.29, 1.82) is 0 Å². The zero-order valence-electron chi connectivity index (χ0n) is 23.5. The number of rotatable bonds is 11. The molecule has 0 amide bonds. The van der Waals surface area contributed by atoms with Crippen LogP contribution in [0.2, 0.25) is 0 Å². The SMILES string of the molecule is Cc1c(O)ccc(OC(=O)c2ccc(OC(=O)C3CC3)cc2)c1[C@H](CCN(C(C)C)C(C)C)c1ccccc1. The van der Waals surface area contributed by atoms with E-state index in [9.17, 15) is 14.7 Å². The molecule has 6 nitrogen and oxygen atoms in total. The molecule has 0 aromatic heterocycles. The normalized spacial score (nSPS) is 14.1. The minimum absolute atomic E-state index is 0.00323. The lowest BCUT2D eigenvalue weighted by Gasteiger charge is -2.33. The summed E-state index contributed by atoms with van der Waals surface area (Å²) in [5.41, 5.74) is 2.94. The van der Waals surface area contributed by atoms with E-state index in [2.05, 4.69) is 44.7 Å². The van der Waals surface area contributed by atoms with Crippen LogP contribution >= 0.6 is 0 Å². The van der Waals surface area contributed by atoms with E-state index in [4.69, 9.17) is 9.47 Å². The molecule has 6 heteroatoms. The van der Waals surface area contributed by atoms with Crippen LogP contribution in [0.25, 0.3) is 0 Å². The zero-order valence-corrected chi connectivity index (χ0v) is 23.5. The van der Waals surface area contributed by atoms with Crippen molar-refractivity contribution in [2.24, 2.45) is 5.92 Å². The summed E-state index contributed by atoms with van der Waals surface area (Å²) in [5, 5.41) is 10.7. The molecule has 3 aromatic rings. The van der Waals surface area contributed by atoms with E-state index in [1.54, 1.807) is 36.4 Å². The lowest BCUT2D eigenvalue weighted by Crippen LogP contribution is -2.38. The zero-order chi connectivity index (χ0) is 28.1. The Kier molecular flexibility index (Phi) is 9.08. The van der Waals surface area contributed by atoms with Gasteiger partial charge in [-0.25, -0.2) is 4.79 Å². The Morgan fingerprint density at radius 3 is 2.13 bits per heavy atom. The van der Waals surface area contributed by atoms with Gasteiger partial charge in [-0.05, 0) is 108 Å². The molecule has 3 aromatic carbocycles. The van der Waals surface area contributed by atoms with E-state index >= 15 is 0 Å². The number of nitrogens with zero attached hydrogens (tertiary/aromatic N) is 1. The smallest absolute Gasteiger partial charge is 0.343 e. The molecule has 0 spiro atoms. The van der Waals surface area contributed by atoms with Crippen LogP contribution in [0.15, 0.2) is 66.7 Å². The summed E-state index contributed by atoms with van der Waals surface area (Å²) < 4.78 is 11.3. The quantitative estimate of drug-likeness (QED) is 0.216. The van der Waals surface area contributed by atoms with Crippen molar-refractivity contribution in [2.45, 2.75) is 71.9 Å². The molecule has 0 bridgehead atoms. The standard InChI is InChI=1S/C33H39NO5/c1-21(2)34(22(3)4)20-19-28(24-9-7-6-8-10-24)31-23(5)29(35)17-18-30(31)39-33(37)26-13-15-27(16-14-26)38-32(36)25-11-12-25/h6-10,13-18,21-22,25,28,35H,11-12,19-20H2,1-5H3/t28-/m1/s1. The molecular weight excluding hydrogens is 490 g/mol. The van der Waals surface area contributed by atoms with Gasteiger partial charge in [-0.2, -0.15) is 0 Å². The maximum absolute atomic E-state index is 13.2. The highest BCUT2D eigenvalue weighted by atomic mass is 16.5. The van der Waals surface area contributed by atoms with Gasteiger partial charge < -0.3 is 14.6 Å². The summed E-state index contributed by atoms with van der Waals surface area (Å²) >= 11 is 0. The fraction of sp³-hybridized carbons (Fsp3) is 0.394. The van der Waals surface area contributed by atoms with Crippen molar-refractivity contribution in [3.8, 4) is 17.2 Å². The van der Waals surface area contributed by atoms with Crippen molar-refractivity contribution in [3.05, 3.63) is 89.0 Å². The minimum Gasteiger partial charge on any atom is -0.508 e. The van der Waals surface area contributed by atoms with Gasteiger partial charge in [0.15, 0.2) is 0 Å². The second kappa shape index (κ2) is 12.5. The van der Waals surface area contributed by atoms with Crippen LogP contribution in [-0.2, 0) is 4.79 Å². The van der Waals surface area contributed by atoms with Gasteiger partial charge in [-0.1, -0.05) is 30.3 Å². The Morgan fingerprint density at radius 2 is 1.54 bits per heavy atom. The molecule has 4 rings (SSSR count). The van der Waals surface area contributed by atoms with Gasteiger partial charge in [-0.15, -0.1) is 0 Å². The van der Waals surface area contributed by atoms with Crippen LogP contribution < -0.4 is 9.47 Å². The monoisotopic (exact) mass is 529 g/mol. The lowest BCUT2D eigenvalue weighted by atomic mass is 9.84. The highest BCUT2D eigenvalue weighted by molar-refractivity contribution is 5.91. The number of carbonyl (C=O) groups is 2. The van der Waals surface area contributed by atoms with Gasteiger partial charge in [0, 0.05) is 23.6 Å². The maximum atomic E-state index is 13.2. The molecule has 0 aliphatic heterocycles. The predicted molar refractivity (Wildman–Crippen MR) is 152 cm³/mol. The van der Waals surface area contributed by atoms with Crippen LogP contribution in [0.3, 0.4) is 0 Å². The molecule has 1 N–H and O–H groups in total. The third-order valence-corrected chi connectivity index (χ3v) is 7.42. The second-order valence-corrected chi connectivity index (χ2v) is 10.9. The Bertz CT molecular complexity index is 1270. The third kappa shape index (κ3) is 7.07. The van der Waals surface area contributed by atoms with E-state index in [1.807, 2.05) is 25.1 Å². The Labute approximate surface area is 231 Å². The molecule has 0 radical (unpaired) electrons. The number of hydrogen-bond donors (Lipinski definition) is 1. The molecule has 0 saturated heterocycles. The van der Waals surface area contributed by atoms with Crippen molar-refractivity contribution in [2.75, 3.05) is 6.54 Å². The summed E-state index contributed by atoms with van der Waals surface area (Å²) in [6, 6.07) is 20.6. The first-order valence-corrected chi connectivity index (χ1v) is 13.8. The van der Waals surface area contributed by atoms with Gasteiger partial charge in [0.2, 0.25) is 0 Å². The Morgan fingerprint density at radius 1 is 0.897 bits per heavy atom. The molecular formula is C33H39NO5. The molecule has 1 atom stereocenters. The van der Waals surface area contributed by atoms with E-state index in [1.165, 1.54) is 0 Å². The first-order chi connectivity index (χ1) is 18.7. The number of phenols is 1. The number of hydrogen-bond acceptors (Lipinski definition) is 6. The highest BCUT2D eigenvalue weighted by Crippen LogP contribution is 2.41. The summed E-state index contributed by atoms with van der Waals surface area (Å²) in [6.07, 6.45) is 2.53. The van der Waals surface area contributed by atoms with Crippen LogP contribution in [0, 0.1) is 12.8 Å². The van der Waals surface area contributed by atoms with Crippen LogP contribution in [0.5, 0.6) is 17.2 Å². The largest absolute Gasteiger partial charge is 0.508 e. The fourth-order valence-corrected chi connectivity index (χ4v) is 5.10. The van der Waals surface area contributed by atoms with Crippen LogP contribution in [-0.4, -0.2) is 40.6 Å².